The van der Waals surface area contributed by atoms with Gasteiger partial charge in [0.2, 0.25) is 5.95 Å². The van der Waals surface area contributed by atoms with E-state index in [9.17, 15) is 0 Å². The molecule has 0 aliphatic rings. The summed E-state index contributed by atoms with van der Waals surface area (Å²) in [7, 11) is 0. The molecule has 0 unspecified atom stereocenters. The van der Waals surface area contributed by atoms with E-state index in [1.165, 1.54) is 0 Å². The summed E-state index contributed by atoms with van der Waals surface area (Å²) >= 11 is 5.95. The Morgan fingerprint density at radius 2 is 1.70 bits per heavy atom. The second-order valence-corrected chi connectivity index (χ2v) is 5.91. The summed E-state index contributed by atoms with van der Waals surface area (Å²) in [5.74, 6) is 0.950. The molecule has 0 aliphatic carbocycles. The third-order valence-electron chi connectivity index (χ3n) is 3.57. The lowest BCUT2D eigenvalue weighted by atomic mass is 10.3. The summed E-state index contributed by atoms with van der Waals surface area (Å²) in [5.41, 5.74) is 1.89. The zero-order valence-electron chi connectivity index (χ0n) is 15.1. The average molecular weight is 389 g/mol. The van der Waals surface area contributed by atoms with E-state index >= 15 is 0 Å². The first-order valence-electron chi connectivity index (χ1n) is 8.68. The normalized spacial score (nSPS) is 11.1. The fourth-order valence-corrected chi connectivity index (χ4v) is 2.54. The molecule has 2 N–H and O–H groups in total. The van der Waals surface area contributed by atoms with E-state index < -0.39 is 0 Å². The lowest BCUT2D eigenvalue weighted by Crippen LogP contribution is -2.27. The molecule has 3 rings (SSSR count). The number of nitrogens with zero attached hydrogens (tertiary/aromatic N) is 4. The maximum atomic E-state index is 5.95. The van der Waals surface area contributed by atoms with Gasteiger partial charge in [0.15, 0.2) is 23.3 Å². The standard InChI is InChI=1S/C18H21ClN6O2/c1-3-26-14(27-4-2)11-22-18-24-16-15(20-9-10-21-16)17(25-18)23-13-7-5-12(19)6-8-13/h5-10,14H,3-4,11H2,1-2H3,(H2,21,22,23,24,25). The highest BCUT2D eigenvalue weighted by atomic mass is 35.5. The second-order valence-electron chi connectivity index (χ2n) is 5.48. The van der Waals surface area contributed by atoms with Crippen LogP contribution < -0.4 is 10.6 Å². The smallest absolute Gasteiger partial charge is 0.227 e. The monoisotopic (exact) mass is 388 g/mol. The minimum Gasteiger partial charge on any atom is -0.351 e. The molecule has 0 amide bonds. The van der Waals surface area contributed by atoms with Gasteiger partial charge in [-0.3, -0.25) is 0 Å². The van der Waals surface area contributed by atoms with Crippen LogP contribution in [0.1, 0.15) is 13.8 Å². The van der Waals surface area contributed by atoms with E-state index in [4.69, 9.17) is 21.1 Å². The topological polar surface area (TPSA) is 94.1 Å². The summed E-state index contributed by atoms with van der Waals surface area (Å²) in [6.45, 7) is 5.36. The first-order valence-corrected chi connectivity index (χ1v) is 9.05. The Hall–Kier alpha value is -2.55. The maximum absolute atomic E-state index is 5.95. The molecule has 0 aliphatic heterocycles. The SMILES string of the molecule is CCOC(CNc1nc(Nc2ccc(Cl)cc2)c2nccnc2n1)OCC. The van der Waals surface area contributed by atoms with Crippen molar-refractivity contribution in [2.45, 2.75) is 20.1 Å². The molecule has 2 aromatic heterocycles. The first-order chi connectivity index (χ1) is 13.2. The molecule has 0 radical (unpaired) electrons. The summed E-state index contributed by atoms with van der Waals surface area (Å²) < 4.78 is 11.1. The van der Waals surface area contributed by atoms with Gasteiger partial charge in [-0.2, -0.15) is 9.97 Å². The van der Waals surface area contributed by atoms with E-state index in [1.807, 2.05) is 26.0 Å². The summed E-state index contributed by atoms with van der Waals surface area (Å²) in [4.78, 5) is 17.6. The zero-order valence-corrected chi connectivity index (χ0v) is 15.9. The highest BCUT2D eigenvalue weighted by Gasteiger charge is 2.13. The first kappa shape index (κ1) is 19.2. The van der Waals surface area contributed by atoms with E-state index in [-0.39, 0.29) is 6.29 Å². The van der Waals surface area contributed by atoms with E-state index in [0.29, 0.717) is 47.7 Å². The number of nitrogens with one attached hydrogen (secondary N) is 2. The average Bonchev–Trinajstić information content (AvgIpc) is 2.68. The van der Waals surface area contributed by atoms with Gasteiger partial charge in [0.05, 0.1) is 6.54 Å². The molecule has 2 heterocycles. The van der Waals surface area contributed by atoms with Gasteiger partial charge in [0.25, 0.3) is 0 Å². The Balaban J connectivity index is 1.84. The third kappa shape index (κ3) is 5.22. The molecule has 3 aromatic rings. The van der Waals surface area contributed by atoms with Crippen molar-refractivity contribution in [3.63, 3.8) is 0 Å². The van der Waals surface area contributed by atoms with Crippen LogP contribution in [0.15, 0.2) is 36.7 Å². The van der Waals surface area contributed by atoms with Gasteiger partial charge in [-0.15, -0.1) is 0 Å². The fraction of sp³-hybridized carbons (Fsp3) is 0.333. The summed E-state index contributed by atoms with van der Waals surface area (Å²) in [6.07, 6.45) is 2.81. The predicted octanol–water partition coefficient (Wildman–Crippen LogP) is 3.63. The maximum Gasteiger partial charge on any atom is 0.227 e. The number of hydrogen-bond donors (Lipinski definition) is 2. The van der Waals surface area contributed by atoms with Crippen LogP contribution in [0.4, 0.5) is 17.5 Å². The number of aromatic nitrogens is 4. The lowest BCUT2D eigenvalue weighted by Gasteiger charge is -2.17. The minimum atomic E-state index is -0.381. The van der Waals surface area contributed by atoms with E-state index in [2.05, 4.69) is 30.6 Å². The van der Waals surface area contributed by atoms with Gasteiger partial charge in [0, 0.05) is 36.3 Å². The Labute approximate surface area is 162 Å². The fourth-order valence-electron chi connectivity index (χ4n) is 2.41. The lowest BCUT2D eigenvalue weighted by molar-refractivity contribution is -0.126. The largest absolute Gasteiger partial charge is 0.351 e. The minimum absolute atomic E-state index is 0.381. The molecule has 142 valence electrons. The number of hydrogen-bond acceptors (Lipinski definition) is 8. The van der Waals surface area contributed by atoms with Gasteiger partial charge in [-0.25, -0.2) is 9.97 Å². The van der Waals surface area contributed by atoms with Gasteiger partial charge >= 0.3 is 0 Å². The number of ether oxygens (including phenoxy) is 2. The van der Waals surface area contributed by atoms with Gasteiger partial charge in [0.1, 0.15) is 0 Å². The molecule has 0 saturated carbocycles. The molecular weight excluding hydrogens is 368 g/mol. The third-order valence-corrected chi connectivity index (χ3v) is 3.82. The molecule has 0 spiro atoms. The van der Waals surface area contributed by atoms with Crippen LogP contribution in [-0.2, 0) is 9.47 Å². The molecule has 27 heavy (non-hydrogen) atoms. The molecule has 0 fully saturated rings. The number of rotatable bonds is 9. The van der Waals surface area contributed by atoms with Crippen molar-refractivity contribution in [3.8, 4) is 0 Å². The molecular formula is C18H21ClN6O2. The Morgan fingerprint density at radius 3 is 2.41 bits per heavy atom. The van der Waals surface area contributed by atoms with Crippen molar-refractivity contribution in [1.82, 2.24) is 19.9 Å². The van der Waals surface area contributed by atoms with Gasteiger partial charge < -0.3 is 20.1 Å². The highest BCUT2D eigenvalue weighted by molar-refractivity contribution is 6.30. The van der Waals surface area contributed by atoms with Crippen LogP contribution in [0.5, 0.6) is 0 Å². The highest BCUT2D eigenvalue weighted by Crippen LogP contribution is 2.23. The number of halogens is 1. The van der Waals surface area contributed by atoms with Crippen LogP contribution in [0.25, 0.3) is 11.2 Å². The van der Waals surface area contributed by atoms with Crippen molar-refractivity contribution in [1.29, 1.82) is 0 Å². The predicted molar refractivity (Wildman–Crippen MR) is 105 cm³/mol. The van der Waals surface area contributed by atoms with Crippen molar-refractivity contribution >= 4 is 40.2 Å². The van der Waals surface area contributed by atoms with E-state index in [1.54, 1.807) is 24.5 Å². The number of fused-ring (bicyclic) bond motifs is 1. The van der Waals surface area contributed by atoms with Crippen LogP contribution in [0.2, 0.25) is 5.02 Å². The Morgan fingerprint density at radius 1 is 1.00 bits per heavy atom. The van der Waals surface area contributed by atoms with Crippen molar-refractivity contribution in [2.75, 3.05) is 30.4 Å². The summed E-state index contributed by atoms with van der Waals surface area (Å²) in [6, 6.07) is 7.32. The van der Waals surface area contributed by atoms with Crippen molar-refractivity contribution < 1.29 is 9.47 Å². The molecule has 9 heteroatoms. The Kier molecular flexibility index (Phi) is 6.69. The Bertz CT molecular complexity index is 871. The van der Waals surface area contributed by atoms with Crippen molar-refractivity contribution in [3.05, 3.63) is 41.7 Å². The quantitative estimate of drug-likeness (QED) is 0.537. The van der Waals surface area contributed by atoms with Crippen LogP contribution >= 0.6 is 11.6 Å². The number of benzene rings is 1. The van der Waals surface area contributed by atoms with Crippen molar-refractivity contribution in [2.24, 2.45) is 0 Å². The zero-order chi connectivity index (χ0) is 19.1. The summed E-state index contributed by atoms with van der Waals surface area (Å²) in [5, 5.41) is 7.04. The van der Waals surface area contributed by atoms with Gasteiger partial charge in [-0.1, -0.05) is 11.6 Å². The van der Waals surface area contributed by atoms with Gasteiger partial charge in [-0.05, 0) is 38.1 Å². The van der Waals surface area contributed by atoms with Crippen LogP contribution in [0, 0.1) is 0 Å². The molecule has 0 saturated heterocycles. The molecule has 1 aromatic carbocycles. The molecule has 0 atom stereocenters. The number of anilines is 3. The molecule has 0 bridgehead atoms. The second kappa shape index (κ2) is 9.40. The van der Waals surface area contributed by atoms with E-state index in [0.717, 1.165) is 5.69 Å². The molecule has 8 nitrogen and oxygen atoms in total. The van der Waals surface area contributed by atoms with Crippen LogP contribution in [0.3, 0.4) is 0 Å². The van der Waals surface area contributed by atoms with Crippen LogP contribution in [-0.4, -0.2) is 46.0 Å².